The first-order valence-corrected chi connectivity index (χ1v) is 8.99. The van der Waals surface area contributed by atoms with Gasteiger partial charge in [-0.3, -0.25) is 4.79 Å². The van der Waals surface area contributed by atoms with E-state index >= 15 is 0 Å². The molecular formula is C15H22N2O6S. The molecule has 1 amide bonds. The molecule has 9 heteroatoms. The van der Waals surface area contributed by atoms with Crippen LogP contribution in [0, 0.1) is 0 Å². The van der Waals surface area contributed by atoms with E-state index in [1.165, 1.54) is 26.8 Å². The molecule has 24 heavy (non-hydrogen) atoms. The van der Waals surface area contributed by atoms with E-state index < -0.39 is 43.5 Å². The summed E-state index contributed by atoms with van der Waals surface area (Å²) in [5, 5.41) is 10.4. The van der Waals surface area contributed by atoms with Crippen molar-refractivity contribution in [2.24, 2.45) is 5.16 Å². The second-order valence-corrected chi connectivity index (χ2v) is 10.1. The molecule has 0 aliphatic carbocycles. The summed E-state index contributed by atoms with van der Waals surface area (Å²) < 4.78 is 29.5. The number of allylic oxidation sites excluding steroid dienone is 1. The average Bonchev–Trinajstić information content (AvgIpc) is 2.56. The van der Waals surface area contributed by atoms with Gasteiger partial charge in [-0.15, -0.1) is 0 Å². The molecule has 2 atom stereocenters. The van der Waals surface area contributed by atoms with Crippen LogP contribution in [0.4, 0.5) is 0 Å². The van der Waals surface area contributed by atoms with Crippen molar-refractivity contribution in [2.45, 2.75) is 63.3 Å². The van der Waals surface area contributed by atoms with Crippen molar-refractivity contribution >= 4 is 27.4 Å². The van der Waals surface area contributed by atoms with Gasteiger partial charge in [-0.1, -0.05) is 5.16 Å². The largest absolute Gasteiger partial charge is 0.458 e. The van der Waals surface area contributed by atoms with Crippen LogP contribution in [0.25, 0.3) is 0 Å². The number of oxime groups is 1. The zero-order chi connectivity index (χ0) is 18.7. The number of hydrogen-bond acceptors (Lipinski definition) is 7. The molecule has 0 unspecified atom stereocenters. The molecule has 2 aliphatic rings. The summed E-state index contributed by atoms with van der Waals surface area (Å²) in [6.45, 7) is 9.26. The highest BCUT2D eigenvalue weighted by Crippen LogP contribution is 2.48. The number of amides is 1. The molecule has 0 radical (unpaired) electrons. The summed E-state index contributed by atoms with van der Waals surface area (Å²) in [4.78, 5) is 26.0. The molecular weight excluding hydrogens is 336 g/mol. The predicted molar refractivity (Wildman–Crippen MR) is 86.2 cm³/mol. The number of ether oxygens (including phenoxy) is 1. The molecule has 134 valence electrons. The molecule has 0 aromatic rings. The number of carbonyl (C=O) groups excluding carboxylic acids is 2. The number of carbonyl (C=O) groups is 2. The van der Waals surface area contributed by atoms with Crippen LogP contribution in [0.2, 0.25) is 0 Å². The second kappa shape index (κ2) is 5.30. The monoisotopic (exact) mass is 358 g/mol. The molecule has 2 aliphatic heterocycles. The Kier molecular flexibility index (Phi) is 4.07. The molecule has 2 fully saturated rings. The minimum Gasteiger partial charge on any atom is -0.458 e. The number of esters is 1. The van der Waals surface area contributed by atoms with E-state index in [4.69, 9.17) is 9.94 Å². The normalized spacial score (nSPS) is 30.1. The molecule has 0 spiro atoms. The molecule has 2 heterocycles. The van der Waals surface area contributed by atoms with Gasteiger partial charge in [0.25, 0.3) is 5.91 Å². The van der Waals surface area contributed by atoms with Gasteiger partial charge in [-0.2, -0.15) is 0 Å². The fourth-order valence-electron chi connectivity index (χ4n) is 2.93. The van der Waals surface area contributed by atoms with Gasteiger partial charge in [-0.25, -0.2) is 13.2 Å². The molecule has 0 aromatic carbocycles. The lowest BCUT2D eigenvalue weighted by Gasteiger charge is -2.39. The lowest BCUT2D eigenvalue weighted by atomic mass is 9.95. The van der Waals surface area contributed by atoms with Crippen molar-refractivity contribution in [3.05, 3.63) is 11.6 Å². The van der Waals surface area contributed by atoms with E-state index in [2.05, 4.69) is 5.16 Å². The topological polar surface area (TPSA) is 113 Å². The predicted octanol–water partition coefficient (Wildman–Crippen LogP) is 0.848. The summed E-state index contributed by atoms with van der Waals surface area (Å²) in [7, 11) is -3.85. The second-order valence-electron chi connectivity index (χ2n) is 7.49. The third kappa shape index (κ3) is 2.51. The molecule has 0 saturated carbocycles. The lowest BCUT2D eigenvalue weighted by molar-refractivity contribution is -0.166. The number of β-lactam (4-membered cyclic amide) rings is 1. The first kappa shape index (κ1) is 18.4. The van der Waals surface area contributed by atoms with Crippen LogP contribution in [0.3, 0.4) is 0 Å². The van der Waals surface area contributed by atoms with Crippen molar-refractivity contribution in [1.82, 2.24) is 4.90 Å². The van der Waals surface area contributed by atoms with Crippen LogP contribution in [0.15, 0.2) is 16.8 Å². The third-order valence-corrected chi connectivity index (χ3v) is 6.87. The lowest BCUT2D eigenvalue weighted by Crippen LogP contribution is -2.59. The van der Waals surface area contributed by atoms with E-state index in [1.54, 1.807) is 20.8 Å². The summed E-state index contributed by atoms with van der Waals surface area (Å²) in [6, 6.07) is -1.22. The van der Waals surface area contributed by atoms with Crippen LogP contribution in [-0.2, 0) is 24.2 Å². The quantitative estimate of drug-likeness (QED) is 0.195. The number of sulfone groups is 1. The molecule has 2 saturated heterocycles. The molecule has 0 bridgehead atoms. The highest BCUT2D eigenvalue weighted by Gasteiger charge is 2.70. The maximum atomic E-state index is 12.8. The van der Waals surface area contributed by atoms with E-state index in [9.17, 15) is 18.0 Å². The number of hydrogen-bond donors (Lipinski definition) is 1. The average molecular weight is 358 g/mol. The van der Waals surface area contributed by atoms with Crippen LogP contribution >= 0.6 is 0 Å². The Morgan fingerprint density at radius 3 is 2.38 bits per heavy atom. The van der Waals surface area contributed by atoms with Crippen molar-refractivity contribution in [3.63, 3.8) is 0 Å². The van der Waals surface area contributed by atoms with Crippen molar-refractivity contribution in [3.8, 4) is 0 Å². The van der Waals surface area contributed by atoms with Crippen molar-refractivity contribution in [2.75, 3.05) is 0 Å². The first-order valence-electron chi connectivity index (χ1n) is 7.45. The van der Waals surface area contributed by atoms with Gasteiger partial charge in [0.05, 0.1) is 11.3 Å². The van der Waals surface area contributed by atoms with E-state index in [0.717, 1.165) is 4.90 Å². The maximum absolute atomic E-state index is 12.8. The Morgan fingerprint density at radius 1 is 1.38 bits per heavy atom. The van der Waals surface area contributed by atoms with E-state index in [-0.39, 0.29) is 11.3 Å². The van der Waals surface area contributed by atoms with Gasteiger partial charge in [0, 0.05) is 0 Å². The highest BCUT2D eigenvalue weighted by atomic mass is 32.2. The van der Waals surface area contributed by atoms with Crippen LogP contribution in [0.5, 0.6) is 0 Å². The van der Waals surface area contributed by atoms with Gasteiger partial charge >= 0.3 is 5.97 Å². The first-order chi connectivity index (χ1) is 10.8. The highest BCUT2D eigenvalue weighted by molar-refractivity contribution is 7.94. The molecule has 0 aromatic heterocycles. The van der Waals surface area contributed by atoms with Crippen molar-refractivity contribution in [1.29, 1.82) is 0 Å². The summed E-state index contributed by atoms with van der Waals surface area (Å²) in [5.41, 5.74) is -0.710. The third-order valence-electron chi connectivity index (χ3n) is 4.12. The Morgan fingerprint density at radius 2 is 1.92 bits per heavy atom. The Balaban J connectivity index is 2.50. The van der Waals surface area contributed by atoms with Crippen LogP contribution < -0.4 is 0 Å². The summed E-state index contributed by atoms with van der Waals surface area (Å²) >= 11 is 0. The Bertz CT molecular complexity index is 757. The zero-order valence-corrected chi connectivity index (χ0v) is 15.3. The molecule has 1 N–H and O–H groups in total. The van der Waals surface area contributed by atoms with Gasteiger partial charge in [0.1, 0.15) is 10.3 Å². The van der Waals surface area contributed by atoms with Gasteiger partial charge in [0.15, 0.2) is 21.3 Å². The Hall–Kier alpha value is -1.90. The smallest absolute Gasteiger partial charge is 0.331 e. The SMILES string of the molecule is CC(/C=C1/C(=O)N2[C@@H](C(=O)OC(C)(C)C)C(C)(C)S(=O)(=O)[C@H]12)=N\O. The minimum atomic E-state index is -3.85. The Labute approximate surface area is 141 Å². The maximum Gasteiger partial charge on any atom is 0.331 e. The van der Waals surface area contributed by atoms with Crippen LogP contribution in [-0.4, -0.2) is 57.9 Å². The number of fused-ring (bicyclic) bond motifs is 1. The van der Waals surface area contributed by atoms with Gasteiger partial charge < -0.3 is 14.8 Å². The zero-order valence-electron chi connectivity index (χ0n) is 14.5. The van der Waals surface area contributed by atoms with Gasteiger partial charge in [-0.05, 0) is 47.6 Å². The standard InChI is InChI=1S/C15H22N2O6S/c1-8(16-20)7-9-11(18)17-10(13(19)23-14(2,3)4)15(5,6)24(21,22)12(9)17/h7,10,12,20H,1-6H3/b9-7-,16-8+/t10-,12+/m0/s1. The van der Waals surface area contributed by atoms with E-state index in [1.807, 2.05) is 0 Å². The van der Waals surface area contributed by atoms with E-state index in [0.29, 0.717) is 0 Å². The summed E-state index contributed by atoms with van der Waals surface area (Å²) in [6.07, 6.45) is 1.22. The number of nitrogens with zero attached hydrogens (tertiary/aromatic N) is 2. The summed E-state index contributed by atoms with van der Waals surface area (Å²) in [5.74, 6) is -1.33. The fourth-order valence-corrected chi connectivity index (χ4v) is 5.05. The van der Waals surface area contributed by atoms with Crippen LogP contribution in [0.1, 0.15) is 41.5 Å². The molecule has 8 nitrogen and oxygen atoms in total. The van der Waals surface area contributed by atoms with Gasteiger partial charge in [0.2, 0.25) is 0 Å². The van der Waals surface area contributed by atoms with Crippen molar-refractivity contribution < 1.29 is 28.0 Å². The number of rotatable bonds is 2. The molecule has 2 rings (SSSR count). The fraction of sp³-hybridized carbons (Fsp3) is 0.667. The minimum absolute atomic E-state index is 0.00978.